The van der Waals surface area contributed by atoms with Crippen LogP contribution in [-0.2, 0) is 25.6 Å². The molecule has 6 atom stereocenters. The van der Waals surface area contributed by atoms with Crippen molar-refractivity contribution in [1.82, 2.24) is 9.80 Å². The van der Waals surface area contributed by atoms with Gasteiger partial charge < -0.3 is 14.9 Å². The summed E-state index contributed by atoms with van der Waals surface area (Å²) in [6, 6.07) is 11.4. The largest absolute Gasteiger partial charge is 0.508 e. The summed E-state index contributed by atoms with van der Waals surface area (Å²) in [5.74, 6) is -5.26. The van der Waals surface area contributed by atoms with Crippen molar-refractivity contribution in [2.45, 2.75) is 41.9 Å². The van der Waals surface area contributed by atoms with Crippen molar-refractivity contribution in [3.05, 3.63) is 65.2 Å². The molecule has 9 nitrogen and oxygen atoms in total. The first-order valence-corrected chi connectivity index (χ1v) is 15.9. The first-order valence-electron chi connectivity index (χ1n) is 14.1. The Morgan fingerprint density at radius 3 is 2.37 bits per heavy atom. The molecule has 2 aromatic rings. The maximum Gasteiger partial charge on any atom is 0.254 e. The minimum atomic E-state index is -2.01. The van der Waals surface area contributed by atoms with E-state index in [9.17, 15) is 29.4 Å². The summed E-state index contributed by atoms with van der Waals surface area (Å²) in [6.45, 7) is 2.19. The van der Waals surface area contributed by atoms with E-state index in [1.54, 1.807) is 49.4 Å². The van der Waals surface area contributed by atoms with Crippen LogP contribution in [0.1, 0.15) is 36.8 Å². The van der Waals surface area contributed by atoms with Crippen molar-refractivity contribution >= 4 is 62.8 Å². The van der Waals surface area contributed by atoms with Crippen molar-refractivity contribution < 1.29 is 34.1 Å². The normalized spacial score (nSPS) is 31.6. The van der Waals surface area contributed by atoms with Crippen LogP contribution < -0.4 is 4.74 Å². The number of alkyl halides is 3. The first kappa shape index (κ1) is 30.0. The highest BCUT2D eigenvalue weighted by molar-refractivity contribution is 9.09. The average molecular weight is 692 g/mol. The summed E-state index contributed by atoms with van der Waals surface area (Å²) in [7, 11) is 0. The molecule has 1 saturated carbocycles. The Morgan fingerprint density at radius 2 is 1.70 bits per heavy atom. The van der Waals surface area contributed by atoms with Crippen LogP contribution in [0.4, 0.5) is 0 Å². The third-order valence-corrected chi connectivity index (χ3v) is 11.2. The minimum Gasteiger partial charge on any atom is -0.508 e. The van der Waals surface area contributed by atoms with Gasteiger partial charge in [-0.25, -0.2) is 0 Å². The number of phenols is 2. The SMILES string of the molecule is CCOc1cccc(C2C3=CCC4C(=O)N(CCc5ccc(O)cc5)C(=O)C4C3CC3(Cl)C(=O)N(CBr)C(=O)C23Cl)c1O. The average Bonchev–Trinajstić information content (AvgIpc) is 3.31. The lowest BCUT2D eigenvalue weighted by atomic mass is 9.56. The van der Waals surface area contributed by atoms with Crippen LogP contribution in [0.5, 0.6) is 17.2 Å². The third kappa shape index (κ3) is 4.24. The second-order valence-electron chi connectivity index (χ2n) is 11.4. The van der Waals surface area contributed by atoms with Crippen molar-refractivity contribution in [2.24, 2.45) is 17.8 Å². The molecule has 0 aromatic heterocycles. The number of fused-ring (bicyclic) bond motifs is 4. The maximum absolute atomic E-state index is 14.0. The molecule has 2 aliphatic heterocycles. The Morgan fingerprint density at radius 1 is 0.977 bits per heavy atom. The maximum atomic E-state index is 14.0. The summed E-state index contributed by atoms with van der Waals surface area (Å²) in [5, 5.41) is 20.9. The van der Waals surface area contributed by atoms with Gasteiger partial charge in [0.05, 0.1) is 23.9 Å². The van der Waals surface area contributed by atoms with Gasteiger partial charge in [-0.15, -0.1) is 23.2 Å². The summed E-state index contributed by atoms with van der Waals surface area (Å²) in [4.78, 5) is 53.5. The number of likely N-dealkylation sites (tertiary alicyclic amines) is 2. The molecular formula is C31H29BrCl2N2O7. The topological polar surface area (TPSA) is 124 Å². The fraction of sp³-hybridized carbons (Fsp3) is 0.419. The van der Waals surface area contributed by atoms with Crippen LogP contribution in [0.15, 0.2) is 54.1 Å². The molecule has 0 spiro atoms. The number of hydrogen-bond donors (Lipinski definition) is 2. The van der Waals surface area contributed by atoms with Gasteiger partial charge in [-0.1, -0.05) is 51.8 Å². The smallest absolute Gasteiger partial charge is 0.254 e. The Bertz CT molecular complexity index is 1570. The van der Waals surface area contributed by atoms with Gasteiger partial charge in [0, 0.05) is 18.0 Å². The van der Waals surface area contributed by atoms with Gasteiger partial charge in [-0.2, -0.15) is 0 Å². The molecule has 0 bridgehead atoms. The highest BCUT2D eigenvalue weighted by atomic mass is 79.9. The van der Waals surface area contributed by atoms with Gasteiger partial charge in [0.2, 0.25) is 11.8 Å². The predicted molar refractivity (Wildman–Crippen MR) is 161 cm³/mol. The number of para-hydroxylation sites is 1. The Labute approximate surface area is 266 Å². The number of imide groups is 2. The van der Waals surface area contributed by atoms with E-state index >= 15 is 0 Å². The molecule has 12 heteroatoms. The summed E-state index contributed by atoms with van der Waals surface area (Å²) < 4.78 is 5.61. The molecule has 0 radical (unpaired) electrons. The van der Waals surface area contributed by atoms with Crippen molar-refractivity contribution in [3.8, 4) is 17.2 Å². The number of amides is 4. The molecule has 3 fully saturated rings. The molecule has 226 valence electrons. The van der Waals surface area contributed by atoms with E-state index in [0.29, 0.717) is 12.0 Å². The number of rotatable bonds is 7. The number of phenolic OH excluding ortho intramolecular Hbond substituents is 2. The molecule has 2 aromatic carbocycles. The lowest BCUT2D eigenvalue weighted by molar-refractivity contribution is -0.141. The van der Waals surface area contributed by atoms with Crippen LogP contribution >= 0.6 is 39.1 Å². The second-order valence-corrected chi connectivity index (χ2v) is 13.1. The molecule has 2 heterocycles. The van der Waals surface area contributed by atoms with Gasteiger partial charge in [-0.3, -0.25) is 29.0 Å². The highest BCUT2D eigenvalue weighted by Crippen LogP contribution is 2.66. The fourth-order valence-corrected chi connectivity index (χ4v) is 8.75. The molecule has 2 aliphatic carbocycles. The number of carbonyl (C=O) groups is 4. The first-order chi connectivity index (χ1) is 20.5. The van der Waals surface area contributed by atoms with E-state index in [-0.39, 0.29) is 66.1 Å². The monoisotopic (exact) mass is 690 g/mol. The van der Waals surface area contributed by atoms with Gasteiger partial charge >= 0.3 is 0 Å². The number of hydrogen-bond acceptors (Lipinski definition) is 7. The zero-order valence-electron chi connectivity index (χ0n) is 23.1. The fourth-order valence-electron chi connectivity index (χ4n) is 7.33. The zero-order chi connectivity index (χ0) is 30.8. The third-order valence-electron chi connectivity index (χ3n) is 9.31. The Hall–Kier alpha value is -3.08. The van der Waals surface area contributed by atoms with Gasteiger partial charge in [0.25, 0.3) is 11.8 Å². The number of nitrogens with zero attached hydrogens (tertiary/aromatic N) is 2. The van der Waals surface area contributed by atoms with Crippen molar-refractivity contribution in [3.63, 3.8) is 0 Å². The summed E-state index contributed by atoms with van der Waals surface area (Å²) in [5.41, 5.74) is 1.56. The van der Waals surface area contributed by atoms with Crippen LogP contribution in [-0.4, -0.2) is 72.0 Å². The van der Waals surface area contributed by atoms with Gasteiger partial charge in [0.1, 0.15) is 5.75 Å². The standard InChI is InChI=1S/C31H29BrCl2N2O7/c1-2-43-22-5-3-4-20(25(22)38)24-18-10-11-19-23(21(18)14-30(33)28(41)36(15-32)29(42)31(24,30)34)27(40)35(26(19)39)13-12-16-6-8-17(37)9-7-16/h3-10,19,21,23-24,37-38H,2,11-15H2,1H3. The van der Waals surface area contributed by atoms with E-state index in [0.717, 1.165) is 10.5 Å². The lowest BCUT2D eigenvalue weighted by Gasteiger charge is -2.50. The lowest BCUT2D eigenvalue weighted by Crippen LogP contribution is -2.60. The van der Waals surface area contributed by atoms with E-state index in [4.69, 9.17) is 27.9 Å². The van der Waals surface area contributed by atoms with Gasteiger partial charge in [0.15, 0.2) is 21.2 Å². The van der Waals surface area contributed by atoms with E-state index in [1.807, 2.05) is 6.08 Å². The Balaban J connectivity index is 1.43. The van der Waals surface area contributed by atoms with Crippen LogP contribution in [0.25, 0.3) is 0 Å². The molecule has 4 aliphatic rings. The van der Waals surface area contributed by atoms with Crippen molar-refractivity contribution in [2.75, 3.05) is 18.6 Å². The number of ether oxygens (including phenoxy) is 1. The number of halogens is 3. The molecule has 4 amide bonds. The summed E-state index contributed by atoms with van der Waals surface area (Å²) >= 11 is 17.7. The zero-order valence-corrected chi connectivity index (χ0v) is 26.2. The molecule has 2 saturated heterocycles. The predicted octanol–water partition coefficient (Wildman–Crippen LogP) is 4.45. The second kappa shape index (κ2) is 10.8. The van der Waals surface area contributed by atoms with E-state index in [2.05, 4.69) is 15.9 Å². The molecule has 43 heavy (non-hydrogen) atoms. The van der Waals surface area contributed by atoms with Crippen LogP contribution in [0.3, 0.4) is 0 Å². The van der Waals surface area contributed by atoms with Crippen molar-refractivity contribution in [1.29, 1.82) is 0 Å². The Kier molecular flexibility index (Phi) is 7.54. The molecule has 6 rings (SSSR count). The van der Waals surface area contributed by atoms with Crippen LogP contribution in [0, 0.1) is 17.8 Å². The number of allylic oxidation sites excluding steroid dienone is 2. The minimum absolute atomic E-state index is 0.121. The van der Waals surface area contributed by atoms with E-state index in [1.165, 1.54) is 4.90 Å². The molecular weight excluding hydrogens is 663 g/mol. The number of benzene rings is 2. The number of aromatic hydroxyl groups is 2. The molecule has 2 N–H and O–H groups in total. The highest BCUT2D eigenvalue weighted by Gasteiger charge is 2.76. The molecule has 6 unspecified atom stereocenters. The summed E-state index contributed by atoms with van der Waals surface area (Å²) in [6.07, 6.45) is 2.32. The van der Waals surface area contributed by atoms with Gasteiger partial charge in [-0.05, 0) is 55.9 Å². The number of carbonyl (C=O) groups excluding carboxylic acids is 4. The van der Waals surface area contributed by atoms with Crippen LogP contribution in [0.2, 0.25) is 0 Å². The quantitative estimate of drug-likeness (QED) is 0.190. The van der Waals surface area contributed by atoms with E-state index < -0.39 is 45.2 Å².